The Morgan fingerprint density at radius 1 is 1.30 bits per heavy atom. The molecule has 0 saturated carbocycles. The van der Waals surface area contributed by atoms with Crippen LogP contribution in [0.2, 0.25) is 0 Å². The zero-order chi connectivity index (χ0) is 15.3. The lowest BCUT2D eigenvalue weighted by atomic mass is 9.95. The minimum absolute atomic E-state index is 0.0687. The van der Waals surface area contributed by atoms with Gasteiger partial charge in [0.15, 0.2) is 0 Å². The van der Waals surface area contributed by atoms with Gasteiger partial charge in [-0.05, 0) is 37.3 Å². The highest BCUT2D eigenvalue weighted by molar-refractivity contribution is 5.76. The number of nitrogens with zero attached hydrogens (tertiary/aromatic N) is 1. The van der Waals surface area contributed by atoms with Crippen LogP contribution in [0.25, 0.3) is 0 Å². The molecule has 0 aromatic heterocycles. The third-order valence-electron chi connectivity index (χ3n) is 3.49. The molecule has 20 heavy (non-hydrogen) atoms. The average Bonchev–Trinajstić information content (AvgIpc) is 2.36. The lowest BCUT2D eigenvalue weighted by molar-refractivity contribution is -0.132. The topological polar surface area (TPSA) is 40.5 Å². The van der Waals surface area contributed by atoms with Gasteiger partial charge in [-0.2, -0.15) is 0 Å². The van der Waals surface area contributed by atoms with Crippen LogP contribution in [0.4, 0.5) is 0 Å². The number of aliphatic hydroxyl groups is 1. The molecule has 1 N–H and O–H groups in total. The van der Waals surface area contributed by atoms with E-state index in [1.165, 1.54) is 11.1 Å². The first-order valence-electron chi connectivity index (χ1n) is 7.28. The molecule has 0 fully saturated rings. The van der Waals surface area contributed by atoms with Gasteiger partial charge >= 0.3 is 0 Å². The normalized spacial score (nSPS) is 13.1. The highest BCUT2D eigenvalue weighted by Gasteiger charge is 2.21. The molecule has 1 aromatic rings. The highest BCUT2D eigenvalue weighted by atomic mass is 16.3. The summed E-state index contributed by atoms with van der Waals surface area (Å²) >= 11 is 0. The van der Waals surface area contributed by atoms with Gasteiger partial charge in [-0.1, -0.05) is 38.1 Å². The lowest BCUT2D eigenvalue weighted by Gasteiger charge is -2.26. The molecule has 1 rings (SSSR count). The number of hydrogen-bond donors (Lipinski definition) is 1. The minimum Gasteiger partial charge on any atom is -0.389 e. The molecule has 0 spiro atoms. The van der Waals surface area contributed by atoms with Gasteiger partial charge in [0.2, 0.25) is 5.91 Å². The first-order chi connectivity index (χ1) is 9.23. The van der Waals surface area contributed by atoms with Crippen molar-refractivity contribution in [2.24, 2.45) is 0 Å². The van der Waals surface area contributed by atoms with Crippen LogP contribution in [-0.4, -0.2) is 35.1 Å². The molecule has 1 aromatic carbocycles. The Hall–Kier alpha value is -1.35. The van der Waals surface area contributed by atoms with Crippen LogP contribution < -0.4 is 0 Å². The summed E-state index contributed by atoms with van der Waals surface area (Å²) in [4.78, 5) is 13.8. The minimum atomic E-state index is -0.851. The number of aryl methyl sites for hydroxylation is 1. The van der Waals surface area contributed by atoms with E-state index in [2.05, 4.69) is 38.1 Å². The molecule has 0 bridgehead atoms. The van der Waals surface area contributed by atoms with Gasteiger partial charge in [-0.15, -0.1) is 0 Å². The fraction of sp³-hybridized carbons (Fsp3) is 0.588. The van der Waals surface area contributed by atoms with Crippen LogP contribution in [-0.2, 0) is 11.2 Å². The van der Waals surface area contributed by atoms with Crippen LogP contribution in [0, 0.1) is 0 Å². The second kappa shape index (κ2) is 6.89. The Bertz CT molecular complexity index is 431. The van der Waals surface area contributed by atoms with Crippen molar-refractivity contribution in [1.29, 1.82) is 0 Å². The maximum absolute atomic E-state index is 12.1. The van der Waals surface area contributed by atoms with Crippen molar-refractivity contribution in [3.63, 3.8) is 0 Å². The van der Waals surface area contributed by atoms with Crippen LogP contribution in [0.3, 0.4) is 0 Å². The van der Waals surface area contributed by atoms with Crippen molar-refractivity contribution in [1.82, 2.24) is 4.90 Å². The van der Waals surface area contributed by atoms with E-state index >= 15 is 0 Å². The van der Waals surface area contributed by atoms with Gasteiger partial charge in [0.05, 0.1) is 5.60 Å². The van der Waals surface area contributed by atoms with E-state index in [0.717, 1.165) is 6.42 Å². The molecular weight excluding hydrogens is 250 g/mol. The van der Waals surface area contributed by atoms with Crippen LogP contribution in [0.1, 0.15) is 51.2 Å². The Morgan fingerprint density at radius 3 is 2.30 bits per heavy atom. The molecule has 1 atom stereocenters. The summed E-state index contributed by atoms with van der Waals surface area (Å²) in [5.41, 5.74) is 1.65. The smallest absolute Gasteiger partial charge is 0.223 e. The Morgan fingerprint density at radius 2 is 1.85 bits per heavy atom. The van der Waals surface area contributed by atoms with E-state index < -0.39 is 5.60 Å². The van der Waals surface area contributed by atoms with Gasteiger partial charge in [-0.25, -0.2) is 0 Å². The van der Waals surface area contributed by atoms with Gasteiger partial charge in [0.25, 0.3) is 0 Å². The molecule has 0 aliphatic carbocycles. The van der Waals surface area contributed by atoms with Gasteiger partial charge in [0, 0.05) is 20.0 Å². The molecular formula is C17H27NO2. The van der Waals surface area contributed by atoms with E-state index in [1.54, 1.807) is 25.8 Å². The van der Waals surface area contributed by atoms with E-state index in [9.17, 15) is 9.90 Å². The summed E-state index contributed by atoms with van der Waals surface area (Å²) in [7, 11) is 1.74. The summed E-state index contributed by atoms with van der Waals surface area (Å²) < 4.78 is 0. The summed E-state index contributed by atoms with van der Waals surface area (Å²) in [6.45, 7) is 7.98. The first kappa shape index (κ1) is 16.7. The molecule has 3 nitrogen and oxygen atoms in total. The van der Waals surface area contributed by atoms with E-state index in [-0.39, 0.29) is 11.8 Å². The number of carbonyl (C=O) groups is 1. The predicted molar refractivity (Wildman–Crippen MR) is 82.8 cm³/mol. The Balaban J connectivity index is 2.60. The van der Waals surface area contributed by atoms with Crippen molar-refractivity contribution in [2.75, 3.05) is 13.6 Å². The fourth-order valence-corrected chi connectivity index (χ4v) is 2.29. The van der Waals surface area contributed by atoms with Crippen molar-refractivity contribution >= 4 is 5.91 Å². The standard InChI is InChI=1S/C17H27NO2/c1-6-14-7-9-15(10-8-14)13(2)11-16(19)18(5)12-17(3,4)20/h7-10,13,20H,6,11-12H2,1-5H3. The molecule has 3 heteroatoms. The summed E-state index contributed by atoms with van der Waals surface area (Å²) in [6, 6.07) is 8.45. The maximum atomic E-state index is 12.1. The number of rotatable bonds is 6. The number of amides is 1. The van der Waals surface area contributed by atoms with Crippen molar-refractivity contribution in [3.05, 3.63) is 35.4 Å². The monoisotopic (exact) mass is 277 g/mol. The summed E-state index contributed by atoms with van der Waals surface area (Å²) in [5.74, 6) is 0.261. The highest BCUT2D eigenvalue weighted by Crippen LogP contribution is 2.21. The molecule has 0 radical (unpaired) electrons. The SMILES string of the molecule is CCc1ccc(C(C)CC(=O)N(C)CC(C)(C)O)cc1. The van der Waals surface area contributed by atoms with Gasteiger partial charge in [0.1, 0.15) is 0 Å². The quantitative estimate of drug-likeness (QED) is 0.868. The second-order valence-corrected chi connectivity index (χ2v) is 6.26. The molecule has 0 saturated heterocycles. The third kappa shape index (κ3) is 5.33. The summed E-state index contributed by atoms with van der Waals surface area (Å²) in [5, 5.41) is 9.75. The Labute approximate surface area is 122 Å². The van der Waals surface area contributed by atoms with Crippen LogP contribution >= 0.6 is 0 Å². The van der Waals surface area contributed by atoms with Crippen LogP contribution in [0.5, 0.6) is 0 Å². The summed E-state index contributed by atoms with van der Waals surface area (Å²) in [6.07, 6.45) is 1.50. The number of hydrogen-bond acceptors (Lipinski definition) is 2. The first-order valence-corrected chi connectivity index (χ1v) is 7.28. The molecule has 0 aliphatic heterocycles. The molecule has 1 unspecified atom stereocenters. The van der Waals surface area contributed by atoms with Gasteiger partial charge in [-0.3, -0.25) is 4.79 Å². The van der Waals surface area contributed by atoms with Gasteiger partial charge < -0.3 is 10.0 Å². The number of benzene rings is 1. The van der Waals surface area contributed by atoms with Crippen LogP contribution in [0.15, 0.2) is 24.3 Å². The third-order valence-corrected chi connectivity index (χ3v) is 3.49. The Kier molecular flexibility index (Phi) is 5.75. The zero-order valence-electron chi connectivity index (χ0n) is 13.3. The van der Waals surface area contributed by atoms with E-state index in [0.29, 0.717) is 13.0 Å². The maximum Gasteiger partial charge on any atom is 0.223 e. The number of carbonyl (C=O) groups excluding carboxylic acids is 1. The molecule has 1 amide bonds. The van der Waals surface area contributed by atoms with Crippen molar-refractivity contribution in [2.45, 2.75) is 52.1 Å². The average molecular weight is 277 g/mol. The predicted octanol–water partition coefficient (Wildman–Crippen LogP) is 2.97. The molecule has 0 aliphatic rings. The lowest BCUT2D eigenvalue weighted by Crippen LogP contribution is -2.40. The van der Waals surface area contributed by atoms with E-state index in [1.807, 2.05) is 0 Å². The van der Waals surface area contributed by atoms with Crippen molar-refractivity contribution in [3.8, 4) is 0 Å². The molecule has 0 heterocycles. The van der Waals surface area contributed by atoms with E-state index in [4.69, 9.17) is 0 Å². The molecule has 112 valence electrons. The second-order valence-electron chi connectivity index (χ2n) is 6.26. The zero-order valence-corrected chi connectivity index (χ0v) is 13.3. The largest absolute Gasteiger partial charge is 0.389 e. The van der Waals surface area contributed by atoms with Crippen molar-refractivity contribution < 1.29 is 9.90 Å². The number of likely N-dealkylation sites (N-methyl/N-ethyl adjacent to an activating group) is 1. The fourth-order valence-electron chi connectivity index (χ4n) is 2.29.